The average Bonchev–Trinajstić information content (AvgIpc) is 2.29. The molecule has 16 heavy (non-hydrogen) atoms. The minimum absolute atomic E-state index is 0.0959. The number of aryl methyl sites for hydroxylation is 1. The van der Waals surface area contributed by atoms with Gasteiger partial charge >= 0.3 is 5.97 Å². The average molecular weight is 222 g/mol. The first-order chi connectivity index (χ1) is 7.79. The third kappa shape index (κ3) is 6.19. The van der Waals surface area contributed by atoms with Crippen LogP contribution in [0.1, 0.15) is 24.8 Å². The second-order valence-electron chi connectivity index (χ2n) is 3.70. The molecule has 0 aliphatic heterocycles. The molecule has 3 nitrogen and oxygen atoms in total. The molecule has 0 aliphatic rings. The number of carboxylic acid groups (broad SMARTS) is 1. The van der Waals surface area contributed by atoms with Gasteiger partial charge in [0.1, 0.15) is 0 Å². The predicted octanol–water partition coefficient (Wildman–Crippen LogP) is 2.50. The second-order valence-corrected chi connectivity index (χ2v) is 3.70. The minimum Gasteiger partial charge on any atom is -0.481 e. The molecule has 0 aromatic heterocycles. The monoisotopic (exact) mass is 222 g/mol. The Kier molecular flexibility index (Phi) is 6.26. The van der Waals surface area contributed by atoms with Gasteiger partial charge in [-0.3, -0.25) is 4.79 Å². The summed E-state index contributed by atoms with van der Waals surface area (Å²) in [7, 11) is 0. The molecule has 1 aromatic rings. The van der Waals surface area contributed by atoms with Gasteiger partial charge in [0.2, 0.25) is 0 Å². The normalized spacial score (nSPS) is 10.2. The van der Waals surface area contributed by atoms with Gasteiger partial charge in [-0.2, -0.15) is 0 Å². The van der Waals surface area contributed by atoms with Crippen molar-refractivity contribution in [2.45, 2.75) is 25.7 Å². The van der Waals surface area contributed by atoms with Gasteiger partial charge in [-0.1, -0.05) is 30.3 Å². The number of hydrogen-bond donors (Lipinski definition) is 1. The van der Waals surface area contributed by atoms with E-state index in [1.54, 1.807) is 0 Å². The third-order valence-corrected chi connectivity index (χ3v) is 2.31. The van der Waals surface area contributed by atoms with Crippen molar-refractivity contribution >= 4 is 5.97 Å². The Balaban J connectivity index is 1.94. The number of benzene rings is 1. The molecule has 0 amide bonds. The van der Waals surface area contributed by atoms with Gasteiger partial charge in [0, 0.05) is 6.61 Å². The quantitative estimate of drug-likeness (QED) is 0.687. The Hall–Kier alpha value is -1.35. The lowest BCUT2D eigenvalue weighted by molar-refractivity contribution is -0.138. The summed E-state index contributed by atoms with van der Waals surface area (Å²) in [6.07, 6.45) is 3.22. The van der Waals surface area contributed by atoms with Gasteiger partial charge in [-0.15, -0.1) is 0 Å². The zero-order valence-corrected chi connectivity index (χ0v) is 9.39. The van der Waals surface area contributed by atoms with Crippen LogP contribution in [-0.2, 0) is 16.0 Å². The summed E-state index contributed by atoms with van der Waals surface area (Å²) in [5, 5.41) is 8.38. The van der Waals surface area contributed by atoms with Crippen LogP contribution in [-0.4, -0.2) is 24.3 Å². The maximum absolute atomic E-state index is 10.2. The molecule has 0 bridgehead atoms. The van der Waals surface area contributed by atoms with Crippen molar-refractivity contribution in [3.63, 3.8) is 0 Å². The van der Waals surface area contributed by atoms with E-state index in [1.165, 1.54) is 5.56 Å². The molecule has 0 atom stereocenters. The molecule has 0 saturated heterocycles. The van der Waals surface area contributed by atoms with E-state index in [0.717, 1.165) is 19.3 Å². The van der Waals surface area contributed by atoms with Crippen LogP contribution in [0.5, 0.6) is 0 Å². The van der Waals surface area contributed by atoms with E-state index < -0.39 is 5.97 Å². The van der Waals surface area contributed by atoms with Crippen LogP contribution < -0.4 is 0 Å². The smallest absolute Gasteiger partial charge is 0.305 e. The van der Waals surface area contributed by atoms with Crippen LogP contribution in [0.25, 0.3) is 0 Å². The van der Waals surface area contributed by atoms with E-state index in [1.807, 2.05) is 18.2 Å². The summed E-state index contributed by atoms with van der Waals surface area (Å²) in [5.41, 5.74) is 1.34. The standard InChI is InChI=1S/C13H18O3/c14-13(15)9-11-16-10-5-4-8-12-6-2-1-3-7-12/h1-3,6-7H,4-5,8-11H2,(H,14,15). The van der Waals surface area contributed by atoms with Gasteiger partial charge in [-0.25, -0.2) is 0 Å². The Bertz CT molecular complexity index is 295. The van der Waals surface area contributed by atoms with E-state index in [2.05, 4.69) is 12.1 Å². The molecule has 0 unspecified atom stereocenters. The second kappa shape index (κ2) is 7.88. The summed E-state index contributed by atoms with van der Waals surface area (Å²) in [6, 6.07) is 10.3. The molecule has 1 N–H and O–H groups in total. The number of unbranched alkanes of at least 4 members (excludes halogenated alkanes) is 1. The van der Waals surface area contributed by atoms with Crippen molar-refractivity contribution < 1.29 is 14.6 Å². The van der Waals surface area contributed by atoms with Crippen LogP contribution in [0.2, 0.25) is 0 Å². The lowest BCUT2D eigenvalue weighted by Gasteiger charge is -2.03. The molecule has 0 saturated carbocycles. The van der Waals surface area contributed by atoms with E-state index in [9.17, 15) is 4.79 Å². The fourth-order valence-corrected chi connectivity index (χ4v) is 1.44. The fourth-order valence-electron chi connectivity index (χ4n) is 1.44. The van der Waals surface area contributed by atoms with Crippen LogP contribution >= 0.6 is 0 Å². The van der Waals surface area contributed by atoms with E-state index in [0.29, 0.717) is 13.2 Å². The molecule has 1 rings (SSSR count). The van der Waals surface area contributed by atoms with Crippen LogP contribution in [0.3, 0.4) is 0 Å². The molecule has 0 radical (unpaired) electrons. The lowest BCUT2D eigenvalue weighted by Crippen LogP contribution is -2.03. The van der Waals surface area contributed by atoms with Crippen molar-refractivity contribution in [1.82, 2.24) is 0 Å². The number of ether oxygens (including phenoxy) is 1. The predicted molar refractivity (Wildman–Crippen MR) is 62.5 cm³/mol. The maximum atomic E-state index is 10.2. The Labute approximate surface area is 96.1 Å². The number of carboxylic acids is 1. The summed E-state index contributed by atoms with van der Waals surface area (Å²) in [4.78, 5) is 10.2. The summed E-state index contributed by atoms with van der Waals surface area (Å²) >= 11 is 0. The summed E-state index contributed by atoms with van der Waals surface area (Å²) in [5.74, 6) is -0.802. The molecule has 3 heteroatoms. The van der Waals surface area contributed by atoms with Gasteiger partial charge in [0.15, 0.2) is 0 Å². The Morgan fingerprint density at radius 2 is 1.88 bits per heavy atom. The van der Waals surface area contributed by atoms with Gasteiger partial charge in [0.25, 0.3) is 0 Å². The molecule has 0 fully saturated rings. The number of rotatable bonds is 8. The highest BCUT2D eigenvalue weighted by Gasteiger charge is 1.96. The third-order valence-electron chi connectivity index (χ3n) is 2.31. The zero-order chi connectivity index (χ0) is 11.6. The number of aliphatic carboxylic acids is 1. The van der Waals surface area contributed by atoms with Crippen molar-refractivity contribution in [3.05, 3.63) is 35.9 Å². The number of carbonyl (C=O) groups is 1. The van der Waals surface area contributed by atoms with Crippen molar-refractivity contribution in [2.75, 3.05) is 13.2 Å². The molecular formula is C13H18O3. The fraction of sp³-hybridized carbons (Fsp3) is 0.462. The molecular weight excluding hydrogens is 204 g/mol. The first kappa shape index (κ1) is 12.7. The van der Waals surface area contributed by atoms with E-state index >= 15 is 0 Å². The molecule has 0 aliphatic carbocycles. The maximum Gasteiger partial charge on any atom is 0.305 e. The minimum atomic E-state index is -0.802. The van der Waals surface area contributed by atoms with E-state index in [-0.39, 0.29) is 6.42 Å². The Morgan fingerprint density at radius 3 is 2.56 bits per heavy atom. The van der Waals surface area contributed by atoms with Gasteiger partial charge < -0.3 is 9.84 Å². The topological polar surface area (TPSA) is 46.5 Å². The number of hydrogen-bond acceptors (Lipinski definition) is 2. The Morgan fingerprint density at radius 1 is 1.12 bits per heavy atom. The lowest BCUT2D eigenvalue weighted by atomic mass is 10.1. The SMILES string of the molecule is O=C(O)CCOCCCCc1ccccc1. The van der Waals surface area contributed by atoms with Crippen molar-refractivity contribution in [2.24, 2.45) is 0 Å². The van der Waals surface area contributed by atoms with E-state index in [4.69, 9.17) is 9.84 Å². The zero-order valence-electron chi connectivity index (χ0n) is 9.39. The summed E-state index contributed by atoms with van der Waals surface area (Å²) in [6.45, 7) is 0.973. The van der Waals surface area contributed by atoms with Crippen LogP contribution in [0.4, 0.5) is 0 Å². The van der Waals surface area contributed by atoms with Crippen molar-refractivity contribution in [3.8, 4) is 0 Å². The highest BCUT2D eigenvalue weighted by atomic mass is 16.5. The van der Waals surface area contributed by atoms with Crippen molar-refractivity contribution in [1.29, 1.82) is 0 Å². The molecule has 0 heterocycles. The summed E-state index contributed by atoms with van der Waals surface area (Å²) < 4.78 is 5.20. The van der Waals surface area contributed by atoms with Gasteiger partial charge in [-0.05, 0) is 24.8 Å². The van der Waals surface area contributed by atoms with Crippen LogP contribution in [0.15, 0.2) is 30.3 Å². The highest BCUT2D eigenvalue weighted by molar-refractivity contribution is 5.66. The molecule has 0 spiro atoms. The first-order valence-electron chi connectivity index (χ1n) is 5.62. The first-order valence-corrected chi connectivity index (χ1v) is 5.62. The van der Waals surface area contributed by atoms with Crippen LogP contribution in [0, 0.1) is 0 Å². The molecule has 1 aromatic carbocycles. The largest absolute Gasteiger partial charge is 0.481 e. The highest BCUT2D eigenvalue weighted by Crippen LogP contribution is 2.04. The molecule has 88 valence electrons. The van der Waals surface area contributed by atoms with Gasteiger partial charge in [0.05, 0.1) is 13.0 Å².